The Bertz CT molecular complexity index is 537. The standard InChI is InChI=1S/C6H3Cl2N2O4S.2Rb/c7-3-1-2-4(10(11)12)5(8)6(3)15(9,13)14;;/h1-2H,(H-,9,13,14);;/q-1;2*+1. The summed E-state index contributed by atoms with van der Waals surface area (Å²) in [6.45, 7) is 0. The second-order valence-electron chi connectivity index (χ2n) is 2.47. The molecule has 0 aromatic heterocycles. The predicted molar refractivity (Wildman–Crippen MR) is 54.6 cm³/mol. The van der Waals surface area contributed by atoms with Crippen LogP contribution in [0.15, 0.2) is 17.0 Å². The average molecular weight is 441 g/mol. The molecule has 0 saturated carbocycles. The maximum Gasteiger partial charge on any atom is 1.00 e. The SMILES string of the molecule is [NH-]S(=O)(=O)c1c(Cl)ccc([N+](=O)[O-])c1Cl.[Rb+].[Rb+]. The molecule has 0 aliphatic carbocycles. The van der Waals surface area contributed by atoms with Gasteiger partial charge in [0.25, 0.3) is 5.69 Å². The molecule has 0 aliphatic rings. The Hall–Kier alpha value is 2.72. The first-order valence-corrected chi connectivity index (χ1v) is 5.61. The Kier molecular flexibility index (Phi) is 11.5. The zero-order chi connectivity index (χ0) is 11.8. The zero-order valence-corrected chi connectivity index (χ0v) is 21.1. The first-order valence-electron chi connectivity index (χ1n) is 3.37. The van der Waals surface area contributed by atoms with E-state index in [0.717, 1.165) is 12.1 Å². The maximum absolute atomic E-state index is 10.9. The molecule has 0 spiro atoms. The van der Waals surface area contributed by atoms with Gasteiger partial charge in [0.2, 0.25) is 0 Å². The monoisotopic (exact) mass is 439 g/mol. The third-order valence-corrected chi connectivity index (χ3v) is 3.38. The Balaban J connectivity index is 0. The van der Waals surface area contributed by atoms with Crippen LogP contribution in [-0.2, 0) is 10.0 Å². The molecule has 0 atom stereocenters. The van der Waals surface area contributed by atoms with Gasteiger partial charge in [-0.2, -0.15) is 0 Å². The van der Waals surface area contributed by atoms with E-state index in [0.29, 0.717) is 0 Å². The van der Waals surface area contributed by atoms with Crippen LogP contribution in [-0.4, -0.2) is 13.3 Å². The topological polar surface area (TPSA) is 101 Å². The molecule has 1 aromatic carbocycles. The molecule has 11 heteroatoms. The van der Waals surface area contributed by atoms with Crippen LogP contribution in [0, 0.1) is 10.1 Å². The van der Waals surface area contributed by atoms with Crippen molar-refractivity contribution in [2.45, 2.75) is 4.90 Å². The molecule has 0 unspecified atom stereocenters. The van der Waals surface area contributed by atoms with Crippen LogP contribution in [0.2, 0.25) is 10.0 Å². The number of nitro groups is 1. The predicted octanol–water partition coefficient (Wildman–Crippen LogP) is -3.35. The molecule has 0 bridgehead atoms. The molecular formula is C6H3Cl2N2O4Rb2S+. The molecule has 1 rings (SSSR count). The van der Waals surface area contributed by atoms with E-state index in [1.54, 1.807) is 0 Å². The quantitative estimate of drug-likeness (QED) is 0.354. The van der Waals surface area contributed by atoms with Gasteiger partial charge in [-0.05, 0) is 6.07 Å². The number of hydrogen-bond donors (Lipinski definition) is 0. The van der Waals surface area contributed by atoms with Gasteiger partial charge in [0, 0.05) is 6.07 Å². The van der Waals surface area contributed by atoms with Gasteiger partial charge in [-0.1, -0.05) is 23.2 Å². The number of nitro benzene ring substituents is 1. The summed E-state index contributed by atoms with van der Waals surface area (Å²) < 4.78 is 21.8. The molecule has 1 aromatic rings. The normalized spacial score (nSPS) is 10.1. The zero-order valence-electron chi connectivity index (χ0n) is 8.90. The van der Waals surface area contributed by atoms with Gasteiger partial charge < -0.3 is 5.14 Å². The first kappa shape index (κ1) is 22.0. The second kappa shape index (κ2) is 8.89. The molecule has 1 N–H and O–H groups in total. The van der Waals surface area contributed by atoms with E-state index in [1.807, 2.05) is 0 Å². The summed E-state index contributed by atoms with van der Waals surface area (Å²) in [5.74, 6) is 0. The van der Waals surface area contributed by atoms with E-state index in [-0.39, 0.29) is 121 Å². The number of nitrogens with zero attached hydrogens (tertiary/aromatic N) is 1. The van der Waals surface area contributed by atoms with Crippen LogP contribution in [0.3, 0.4) is 0 Å². The van der Waals surface area contributed by atoms with Crippen molar-refractivity contribution in [2.24, 2.45) is 0 Å². The number of rotatable bonds is 2. The summed E-state index contributed by atoms with van der Waals surface area (Å²) in [6, 6.07) is 1.98. The van der Waals surface area contributed by atoms with Gasteiger partial charge >= 0.3 is 116 Å². The van der Waals surface area contributed by atoms with E-state index in [1.165, 1.54) is 0 Å². The van der Waals surface area contributed by atoms with Crippen molar-refractivity contribution in [1.82, 2.24) is 0 Å². The van der Waals surface area contributed by atoms with Gasteiger partial charge in [-0.15, -0.1) is 0 Å². The third kappa shape index (κ3) is 5.93. The van der Waals surface area contributed by atoms with Crippen molar-refractivity contribution in [3.8, 4) is 0 Å². The fraction of sp³-hybridized carbons (Fsp3) is 0. The Morgan fingerprint density at radius 2 is 1.71 bits per heavy atom. The number of hydrogen-bond acceptors (Lipinski definition) is 4. The Morgan fingerprint density at radius 1 is 1.24 bits per heavy atom. The van der Waals surface area contributed by atoms with Crippen molar-refractivity contribution in [2.75, 3.05) is 0 Å². The fourth-order valence-electron chi connectivity index (χ4n) is 0.909. The van der Waals surface area contributed by atoms with Crippen LogP contribution in [0.1, 0.15) is 0 Å². The van der Waals surface area contributed by atoms with Gasteiger partial charge in [-0.3, -0.25) is 10.1 Å². The van der Waals surface area contributed by atoms with Crippen molar-refractivity contribution in [3.63, 3.8) is 0 Å². The summed E-state index contributed by atoms with van der Waals surface area (Å²) >= 11 is 11.0. The maximum atomic E-state index is 10.9. The molecule has 0 saturated heterocycles. The van der Waals surface area contributed by atoms with Crippen LogP contribution in [0.25, 0.3) is 5.14 Å². The fourth-order valence-corrected chi connectivity index (χ4v) is 2.62. The van der Waals surface area contributed by atoms with Crippen LogP contribution in [0.4, 0.5) is 5.69 Å². The first-order chi connectivity index (χ1) is 6.75. The minimum Gasteiger partial charge on any atom is -0.560 e. The van der Waals surface area contributed by atoms with E-state index in [2.05, 4.69) is 0 Å². The minimum atomic E-state index is -4.44. The molecule has 17 heavy (non-hydrogen) atoms. The Morgan fingerprint density at radius 3 is 2.06 bits per heavy atom. The Labute approximate surface area is 205 Å². The third-order valence-electron chi connectivity index (χ3n) is 1.49. The molecule has 0 radical (unpaired) electrons. The molecule has 6 nitrogen and oxygen atoms in total. The summed E-state index contributed by atoms with van der Waals surface area (Å²) in [5, 5.41) is 16.2. The number of benzene rings is 1. The molecule has 0 fully saturated rings. The van der Waals surface area contributed by atoms with Crippen molar-refractivity contribution in [1.29, 1.82) is 0 Å². The summed E-state index contributed by atoms with van der Waals surface area (Å²) in [5.41, 5.74) is -0.605. The average Bonchev–Trinajstić information content (AvgIpc) is 2.00. The van der Waals surface area contributed by atoms with Crippen molar-refractivity contribution >= 4 is 38.9 Å². The summed E-state index contributed by atoms with van der Waals surface area (Å²) in [7, 11) is -4.44. The number of nitrogens with one attached hydrogen (secondary N) is 1. The van der Waals surface area contributed by atoms with Gasteiger partial charge in [0.15, 0.2) is 0 Å². The van der Waals surface area contributed by atoms with Gasteiger partial charge in [0.05, 0.1) is 14.8 Å². The molecule has 0 heterocycles. The molecular weight excluding hydrogens is 438 g/mol. The van der Waals surface area contributed by atoms with Crippen LogP contribution < -0.4 is 116 Å². The second-order valence-corrected chi connectivity index (χ2v) is 4.67. The van der Waals surface area contributed by atoms with E-state index < -0.39 is 30.6 Å². The van der Waals surface area contributed by atoms with Crippen molar-refractivity contribution < 1.29 is 130 Å². The number of halogens is 2. The molecule has 82 valence electrons. The minimum absolute atomic E-state index is 0. The van der Waals surface area contributed by atoms with E-state index >= 15 is 0 Å². The summed E-state index contributed by atoms with van der Waals surface area (Å²) in [6.07, 6.45) is 0. The van der Waals surface area contributed by atoms with Crippen LogP contribution >= 0.6 is 23.2 Å². The van der Waals surface area contributed by atoms with Gasteiger partial charge in [-0.25, -0.2) is 8.42 Å². The van der Waals surface area contributed by atoms with Gasteiger partial charge in [0.1, 0.15) is 15.0 Å². The smallest absolute Gasteiger partial charge is 0.560 e. The van der Waals surface area contributed by atoms with Crippen molar-refractivity contribution in [3.05, 3.63) is 37.4 Å². The number of sulfonamides is 1. The van der Waals surface area contributed by atoms with Crippen LogP contribution in [0.5, 0.6) is 0 Å². The summed E-state index contributed by atoms with van der Waals surface area (Å²) in [4.78, 5) is 8.83. The van der Waals surface area contributed by atoms with E-state index in [9.17, 15) is 18.5 Å². The molecule has 0 amide bonds. The largest absolute Gasteiger partial charge is 1.00 e. The molecule has 0 aliphatic heterocycles. The van der Waals surface area contributed by atoms with E-state index in [4.69, 9.17) is 28.3 Å².